The first kappa shape index (κ1) is 14.8. The van der Waals surface area contributed by atoms with Crippen molar-refractivity contribution in [2.24, 2.45) is 0 Å². The van der Waals surface area contributed by atoms with Gasteiger partial charge in [-0.3, -0.25) is 19.7 Å². The van der Waals surface area contributed by atoms with Gasteiger partial charge in [0, 0.05) is 31.1 Å². The predicted molar refractivity (Wildman–Crippen MR) is 72.8 cm³/mol. The van der Waals surface area contributed by atoms with Gasteiger partial charge in [-0.05, 0) is 18.6 Å². The summed E-state index contributed by atoms with van der Waals surface area (Å²) < 4.78 is 5.24. The Labute approximate surface area is 120 Å². The van der Waals surface area contributed by atoms with Crippen LogP contribution in [0.4, 0.5) is 5.69 Å². The SMILES string of the molecule is O=C1CCC(NC(=O)COc2ccc([N+](=O)[O-])cc2)CN1. The van der Waals surface area contributed by atoms with Gasteiger partial charge in [0.1, 0.15) is 5.75 Å². The van der Waals surface area contributed by atoms with E-state index in [1.165, 1.54) is 24.3 Å². The molecule has 0 spiro atoms. The Kier molecular flexibility index (Phi) is 4.70. The van der Waals surface area contributed by atoms with Gasteiger partial charge < -0.3 is 15.4 Å². The van der Waals surface area contributed by atoms with Crippen LogP contribution >= 0.6 is 0 Å². The van der Waals surface area contributed by atoms with E-state index in [0.717, 1.165) is 0 Å². The Bertz CT molecular complexity index is 533. The molecule has 1 aliphatic rings. The zero-order valence-electron chi connectivity index (χ0n) is 11.2. The topological polar surface area (TPSA) is 111 Å². The van der Waals surface area contributed by atoms with Gasteiger partial charge in [-0.25, -0.2) is 0 Å². The van der Waals surface area contributed by atoms with Crippen molar-refractivity contribution in [3.05, 3.63) is 34.4 Å². The summed E-state index contributed by atoms with van der Waals surface area (Å²) in [7, 11) is 0. The van der Waals surface area contributed by atoms with Crippen molar-refractivity contribution < 1.29 is 19.2 Å². The first-order valence-corrected chi connectivity index (χ1v) is 6.48. The highest BCUT2D eigenvalue weighted by Crippen LogP contribution is 2.17. The fraction of sp³-hybridized carbons (Fsp3) is 0.385. The molecule has 2 N–H and O–H groups in total. The average Bonchev–Trinajstić information content (AvgIpc) is 2.48. The summed E-state index contributed by atoms with van der Waals surface area (Å²) >= 11 is 0. The molecule has 2 rings (SSSR count). The highest BCUT2D eigenvalue weighted by atomic mass is 16.6. The molecule has 8 nitrogen and oxygen atoms in total. The fourth-order valence-corrected chi connectivity index (χ4v) is 1.94. The molecule has 21 heavy (non-hydrogen) atoms. The quantitative estimate of drug-likeness (QED) is 0.602. The summed E-state index contributed by atoms with van der Waals surface area (Å²) in [5.41, 5.74) is -0.0373. The number of benzene rings is 1. The second-order valence-electron chi connectivity index (χ2n) is 4.65. The molecule has 1 saturated heterocycles. The molecule has 1 aliphatic heterocycles. The Morgan fingerprint density at radius 1 is 1.43 bits per heavy atom. The van der Waals surface area contributed by atoms with E-state index < -0.39 is 4.92 Å². The lowest BCUT2D eigenvalue weighted by atomic mass is 10.1. The number of ether oxygens (including phenoxy) is 1. The number of hydrogen-bond acceptors (Lipinski definition) is 5. The third-order valence-corrected chi connectivity index (χ3v) is 3.05. The number of hydrogen-bond donors (Lipinski definition) is 2. The second-order valence-corrected chi connectivity index (χ2v) is 4.65. The minimum Gasteiger partial charge on any atom is -0.484 e. The standard InChI is InChI=1S/C13H15N3O5/c17-12-6-1-9(7-14-12)15-13(18)8-21-11-4-2-10(3-5-11)16(19)20/h2-5,9H,1,6-8H2,(H,14,17)(H,15,18). The molecule has 0 bridgehead atoms. The van der Waals surface area contributed by atoms with E-state index in [0.29, 0.717) is 25.1 Å². The lowest BCUT2D eigenvalue weighted by molar-refractivity contribution is -0.384. The van der Waals surface area contributed by atoms with Crippen molar-refractivity contribution in [1.29, 1.82) is 0 Å². The summed E-state index contributed by atoms with van der Waals surface area (Å²) in [4.78, 5) is 32.7. The predicted octanol–water partition coefficient (Wildman–Crippen LogP) is 0.368. The lowest BCUT2D eigenvalue weighted by Crippen LogP contribution is -2.48. The van der Waals surface area contributed by atoms with Gasteiger partial charge in [0.25, 0.3) is 11.6 Å². The Balaban J connectivity index is 1.75. The summed E-state index contributed by atoms with van der Waals surface area (Å²) in [6.45, 7) is 0.240. The van der Waals surface area contributed by atoms with Crippen LogP contribution in [0.25, 0.3) is 0 Å². The molecular formula is C13H15N3O5. The largest absolute Gasteiger partial charge is 0.484 e. The summed E-state index contributed by atoms with van der Waals surface area (Å²) in [5.74, 6) is 0.0739. The first-order valence-electron chi connectivity index (χ1n) is 6.48. The van der Waals surface area contributed by atoms with Gasteiger partial charge in [0.15, 0.2) is 6.61 Å². The molecule has 1 heterocycles. The second kappa shape index (κ2) is 6.69. The number of piperidine rings is 1. The highest BCUT2D eigenvalue weighted by Gasteiger charge is 2.19. The van der Waals surface area contributed by atoms with Crippen molar-refractivity contribution in [3.8, 4) is 5.75 Å². The molecule has 1 atom stereocenters. The van der Waals surface area contributed by atoms with Crippen molar-refractivity contribution in [3.63, 3.8) is 0 Å². The van der Waals surface area contributed by atoms with Crippen molar-refractivity contribution >= 4 is 17.5 Å². The van der Waals surface area contributed by atoms with Gasteiger partial charge in [0.05, 0.1) is 4.92 Å². The van der Waals surface area contributed by atoms with Crippen LogP contribution < -0.4 is 15.4 Å². The van der Waals surface area contributed by atoms with Crippen LogP contribution in [0.3, 0.4) is 0 Å². The van der Waals surface area contributed by atoms with Crippen LogP contribution in [-0.2, 0) is 9.59 Å². The maximum absolute atomic E-state index is 11.7. The van der Waals surface area contributed by atoms with E-state index >= 15 is 0 Å². The zero-order valence-corrected chi connectivity index (χ0v) is 11.2. The third-order valence-electron chi connectivity index (χ3n) is 3.05. The minimum absolute atomic E-state index is 0.0115. The molecule has 1 aromatic rings. The van der Waals surface area contributed by atoms with E-state index in [9.17, 15) is 19.7 Å². The molecule has 0 saturated carbocycles. The van der Waals surface area contributed by atoms with Gasteiger partial charge >= 0.3 is 0 Å². The molecule has 1 fully saturated rings. The fourth-order valence-electron chi connectivity index (χ4n) is 1.94. The summed E-state index contributed by atoms with van der Waals surface area (Å²) in [6.07, 6.45) is 1.00. The Morgan fingerprint density at radius 3 is 2.71 bits per heavy atom. The number of nitrogens with one attached hydrogen (secondary N) is 2. The number of nitro groups is 1. The number of non-ortho nitro benzene ring substituents is 1. The molecule has 8 heteroatoms. The van der Waals surface area contributed by atoms with Crippen LogP contribution in [-0.4, -0.2) is 35.9 Å². The molecule has 1 unspecified atom stereocenters. The minimum atomic E-state index is -0.506. The molecule has 1 aromatic carbocycles. The maximum atomic E-state index is 11.7. The third kappa shape index (κ3) is 4.44. The number of carbonyl (C=O) groups is 2. The smallest absolute Gasteiger partial charge is 0.269 e. The van der Waals surface area contributed by atoms with E-state index in [2.05, 4.69) is 10.6 Å². The molecule has 0 aliphatic carbocycles. The van der Waals surface area contributed by atoms with Crippen LogP contribution in [0.2, 0.25) is 0 Å². The number of carbonyl (C=O) groups excluding carboxylic acids is 2. The van der Waals surface area contributed by atoms with Crippen LogP contribution in [0.15, 0.2) is 24.3 Å². The first-order chi connectivity index (χ1) is 10.0. The maximum Gasteiger partial charge on any atom is 0.269 e. The van der Waals surface area contributed by atoms with E-state index in [1.807, 2.05) is 0 Å². The number of nitrogens with zero attached hydrogens (tertiary/aromatic N) is 1. The molecular weight excluding hydrogens is 278 g/mol. The average molecular weight is 293 g/mol. The molecule has 0 radical (unpaired) electrons. The van der Waals surface area contributed by atoms with Crippen LogP contribution in [0, 0.1) is 10.1 Å². The molecule has 112 valence electrons. The van der Waals surface area contributed by atoms with Crippen molar-refractivity contribution in [2.45, 2.75) is 18.9 Å². The zero-order chi connectivity index (χ0) is 15.2. The monoisotopic (exact) mass is 293 g/mol. The van der Waals surface area contributed by atoms with Gasteiger partial charge in [-0.15, -0.1) is 0 Å². The van der Waals surface area contributed by atoms with Crippen LogP contribution in [0.1, 0.15) is 12.8 Å². The Morgan fingerprint density at radius 2 is 2.14 bits per heavy atom. The van der Waals surface area contributed by atoms with Crippen LogP contribution in [0.5, 0.6) is 5.75 Å². The van der Waals surface area contributed by atoms with Gasteiger partial charge in [0.2, 0.25) is 5.91 Å². The Hall–Kier alpha value is -2.64. The molecule has 0 aromatic heterocycles. The van der Waals surface area contributed by atoms with E-state index in [1.54, 1.807) is 0 Å². The lowest BCUT2D eigenvalue weighted by Gasteiger charge is -2.23. The summed E-state index contributed by atoms with van der Waals surface area (Å²) in [6, 6.07) is 5.41. The normalized spacial score (nSPS) is 17.7. The van der Waals surface area contributed by atoms with Crippen molar-refractivity contribution in [2.75, 3.05) is 13.2 Å². The summed E-state index contributed by atoms with van der Waals surface area (Å²) in [5, 5.41) is 15.9. The van der Waals surface area contributed by atoms with E-state index in [-0.39, 0.29) is 30.2 Å². The number of amides is 2. The molecule has 2 amide bonds. The van der Waals surface area contributed by atoms with Gasteiger partial charge in [-0.1, -0.05) is 0 Å². The van der Waals surface area contributed by atoms with Gasteiger partial charge in [-0.2, -0.15) is 0 Å². The number of rotatable bonds is 5. The van der Waals surface area contributed by atoms with E-state index in [4.69, 9.17) is 4.74 Å². The number of nitro benzene ring substituents is 1. The highest BCUT2D eigenvalue weighted by molar-refractivity contribution is 5.79. The van der Waals surface area contributed by atoms with Crippen molar-refractivity contribution in [1.82, 2.24) is 10.6 Å².